The molecule has 2 aromatic rings. The van der Waals surface area contributed by atoms with E-state index in [1.165, 1.54) is 18.2 Å². The van der Waals surface area contributed by atoms with Crippen LogP contribution in [0.5, 0.6) is 5.75 Å². The lowest BCUT2D eigenvalue weighted by Crippen LogP contribution is -2.05. The molecule has 0 saturated carbocycles. The van der Waals surface area contributed by atoms with Crippen LogP contribution in [0.15, 0.2) is 54.6 Å². The fourth-order valence-corrected chi connectivity index (χ4v) is 1.71. The minimum Gasteiger partial charge on any atom is -0.507 e. The van der Waals surface area contributed by atoms with Crippen molar-refractivity contribution in [1.29, 1.82) is 0 Å². The number of benzene rings is 2. The second-order valence-corrected chi connectivity index (χ2v) is 4.33. The minimum atomic E-state index is -4.42. The largest absolute Gasteiger partial charge is 0.507 e. The Bertz CT molecular complexity index is 671. The van der Waals surface area contributed by atoms with E-state index in [2.05, 4.69) is 0 Å². The molecule has 0 amide bonds. The van der Waals surface area contributed by atoms with Crippen LogP contribution in [0.25, 0.3) is 6.08 Å². The van der Waals surface area contributed by atoms with Crippen LogP contribution >= 0.6 is 0 Å². The van der Waals surface area contributed by atoms with Crippen molar-refractivity contribution in [2.75, 3.05) is 0 Å². The molecule has 0 spiro atoms. The fourth-order valence-electron chi connectivity index (χ4n) is 1.71. The van der Waals surface area contributed by atoms with E-state index in [1.54, 1.807) is 18.2 Å². The van der Waals surface area contributed by atoms with Gasteiger partial charge in [0.15, 0.2) is 5.78 Å². The number of halogens is 3. The molecule has 2 rings (SSSR count). The summed E-state index contributed by atoms with van der Waals surface area (Å²) in [6.45, 7) is 0. The van der Waals surface area contributed by atoms with Gasteiger partial charge in [-0.3, -0.25) is 4.79 Å². The molecule has 0 bridgehead atoms. The molecule has 0 aliphatic carbocycles. The lowest BCUT2D eigenvalue weighted by molar-refractivity contribution is -0.137. The zero-order chi connectivity index (χ0) is 15.5. The van der Waals surface area contributed by atoms with Crippen LogP contribution in [0.2, 0.25) is 0 Å². The molecule has 0 saturated heterocycles. The van der Waals surface area contributed by atoms with E-state index in [0.29, 0.717) is 5.56 Å². The summed E-state index contributed by atoms with van der Waals surface area (Å²) in [7, 11) is 0. The number of alkyl halides is 3. The average molecular weight is 292 g/mol. The second kappa shape index (κ2) is 5.83. The van der Waals surface area contributed by atoms with Crippen LogP contribution in [0.4, 0.5) is 13.2 Å². The highest BCUT2D eigenvalue weighted by Gasteiger charge is 2.30. The molecule has 2 aromatic carbocycles. The van der Waals surface area contributed by atoms with E-state index in [1.807, 2.05) is 0 Å². The fraction of sp³-hybridized carbons (Fsp3) is 0.0625. The Labute approximate surface area is 119 Å². The van der Waals surface area contributed by atoms with Crippen molar-refractivity contribution in [2.24, 2.45) is 0 Å². The van der Waals surface area contributed by atoms with E-state index in [0.717, 1.165) is 24.3 Å². The Morgan fingerprint density at radius 1 is 1.00 bits per heavy atom. The first-order valence-corrected chi connectivity index (χ1v) is 6.05. The number of carbonyl (C=O) groups is 1. The second-order valence-electron chi connectivity index (χ2n) is 4.33. The minimum absolute atomic E-state index is 0.0222. The molecular weight excluding hydrogens is 281 g/mol. The van der Waals surface area contributed by atoms with Crippen LogP contribution in [-0.4, -0.2) is 10.9 Å². The van der Waals surface area contributed by atoms with Crippen molar-refractivity contribution in [1.82, 2.24) is 0 Å². The summed E-state index contributed by atoms with van der Waals surface area (Å²) in [4.78, 5) is 11.8. The van der Waals surface area contributed by atoms with Gasteiger partial charge in [-0.1, -0.05) is 30.3 Å². The summed E-state index contributed by atoms with van der Waals surface area (Å²) in [5, 5.41) is 9.53. The van der Waals surface area contributed by atoms with Crippen LogP contribution < -0.4 is 0 Å². The van der Waals surface area contributed by atoms with Crippen LogP contribution in [0.3, 0.4) is 0 Å². The Hall–Kier alpha value is -2.56. The van der Waals surface area contributed by atoms with E-state index >= 15 is 0 Å². The maximum Gasteiger partial charge on any atom is 0.416 e. The van der Waals surface area contributed by atoms with Crippen molar-refractivity contribution in [3.63, 3.8) is 0 Å². The lowest BCUT2D eigenvalue weighted by Gasteiger charge is -2.06. The molecule has 0 heterocycles. The van der Waals surface area contributed by atoms with Crippen LogP contribution in [0.1, 0.15) is 21.5 Å². The third-order valence-corrected chi connectivity index (χ3v) is 2.85. The Kier molecular flexibility index (Phi) is 4.12. The maximum atomic E-state index is 12.4. The maximum absolute atomic E-state index is 12.4. The van der Waals surface area contributed by atoms with E-state index in [-0.39, 0.29) is 11.3 Å². The Balaban J connectivity index is 2.16. The quantitative estimate of drug-likeness (QED) is 0.676. The molecule has 0 fully saturated rings. The standard InChI is InChI=1S/C16H11F3O2/c17-16(18,19)13-8-5-12(6-9-13)15(21)10-7-11-3-1-2-4-14(11)20/h1-10,20H/b10-7+. The molecule has 108 valence electrons. The van der Waals surface area contributed by atoms with Crippen molar-refractivity contribution in [2.45, 2.75) is 6.18 Å². The molecule has 2 nitrogen and oxygen atoms in total. The van der Waals surface area contributed by atoms with E-state index in [9.17, 15) is 23.1 Å². The number of allylic oxidation sites excluding steroid dienone is 1. The summed E-state index contributed by atoms with van der Waals surface area (Å²) in [6, 6.07) is 10.4. The number of hydrogen-bond donors (Lipinski definition) is 1. The summed E-state index contributed by atoms with van der Waals surface area (Å²) in [5.74, 6) is -0.416. The summed E-state index contributed by atoms with van der Waals surface area (Å²) >= 11 is 0. The van der Waals surface area contributed by atoms with Gasteiger partial charge in [-0.05, 0) is 30.4 Å². The van der Waals surface area contributed by atoms with Crippen molar-refractivity contribution in [3.05, 3.63) is 71.3 Å². The predicted molar refractivity (Wildman–Crippen MR) is 72.9 cm³/mol. The van der Waals surface area contributed by atoms with Gasteiger partial charge >= 0.3 is 6.18 Å². The van der Waals surface area contributed by atoms with Gasteiger partial charge in [0.25, 0.3) is 0 Å². The number of phenols is 1. The van der Waals surface area contributed by atoms with Crippen LogP contribution in [0, 0.1) is 0 Å². The van der Waals surface area contributed by atoms with Gasteiger partial charge in [-0.15, -0.1) is 0 Å². The predicted octanol–water partition coefficient (Wildman–Crippen LogP) is 4.31. The monoisotopic (exact) mass is 292 g/mol. The van der Waals surface area contributed by atoms with Gasteiger partial charge in [0.05, 0.1) is 5.56 Å². The lowest BCUT2D eigenvalue weighted by atomic mass is 10.1. The third-order valence-electron chi connectivity index (χ3n) is 2.85. The first-order chi connectivity index (χ1) is 9.88. The zero-order valence-corrected chi connectivity index (χ0v) is 10.8. The van der Waals surface area contributed by atoms with Crippen molar-refractivity contribution >= 4 is 11.9 Å². The topological polar surface area (TPSA) is 37.3 Å². The molecule has 0 aliphatic heterocycles. The number of ketones is 1. The molecular formula is C16H11F3O2. The number of aromatic hydroxyl groups is 1. The highest BCUT2D eigenvalue weighted by molar-refractivity contribution is 6.06. The normalized spacial score (nSPS) is 11.8. The molecule has 0 aliphatic rings. The summed E-state index contributed by atoms with van der Waals surface area (Å²) < 4.78 is 37.2. The molecule has 21 heavy (non-hydrogen) atoms. The average Bonchev–Trinajstić information content (AvgIpc) is 2.45. The SMILES string of the molecule is O=C(/C=C/c1ccccc1O)c1ccc(C(F)(F)F)cc1. The zero-order valence-electron chi connectivity index (χ0n) is 10.8. The van der Waals surface area contributed by atoms with Gasteiger partial charge in [0.2, 0.25) is 0 Å². The van der Waals surface area contributed by atoms with Gasteiger partial charge in [-0.25, -0.2) is 0 Å². The molecule has 5 heteroatoms. The van der Waals surface area contributed by atoms with Gasteiger partial charge in [-0.2, -0.15) is 13.2 Å². The van der Waals surface area contributed by atoms with Crippen LogP contribution in [-0.2, 0) is 6.18 Å². The smallest absolute Gasteiger partial charge is 0.416 e. The van der Waals surface area contributed by atoms with E-state index < -0.39 is 17.5 Å². The summed E-state index contributed by atoms with van der Waals surface area (Å²) in [5.41, 5.74) is -0.198. The number of hydrogen-bond acceptors (Lipinski definition) is 2. The molecule has 0 atom stereocenters. The van der Waals surface area contributed by atoms with Gasteiger partial charge in [0.1, 0.15) is 5.75 Å². The highest BCUT2D eigenvalue weighted by atomic mass is 19.4. The number of rotatable bonds is 3. The number of para-hydroxylation sites is 1. The van der Waals surface area contributed by atoms with Gasteiger partial charge < -0.3 is 5.11 Å². The first-order valence-electron chi connectivity index (χ1n) is 6.05. The molecule has 0 radical (unpaired) electrons. The molecule has 0 unspecified atom stereocenters. The summed E-state index contributed by atoms with van der Waals surface area (Å²) in [6.07, 6.45) is -1.81. The van der Waals surface area contributed by atoms with Crippen molar-refractivity contribution < 1.29 is 23.1 Å². The molecule has 1 N–H and O–H groups in total. The Morgan fingerprint density at radius 3 is 2.19 bits per heavy atom. The number of carbonyl (C=O) groups excluding carboxylic acids is 1. The van der Waals surface area contributed by atoms with E-state index in [4.69, 9.17) is 0 Å². The first kappa shape index (κ1) is 14.8. The van der Waals surface area contributed by atoms with Gasteiger partial charge in [0, 0.05) is 11.1 Å². The Morgan fingerprint density at radius 2 is 1.62 bits per heavy atom. The van der Waals surface area contributed by atoms with Crippen molar-refractivity contribution in [3.8, 4) is 5.75 Å². The molecule has 0 aromatic heterocycles. The number of phenolic OH excluding ortho intramolecular Hbond substituents is 1. The third kappa shape index (κ3) is 3.72. The highest BCUT2D eigenvalue weighted by Crippen LogP contribution is 2.29.